The van der Waals surface area contributed by atoms with Gasteiger partial charge in [0.1, 0.15) is 13.2 Å². The van der Waals surface area contributed by atoms with Gasteiger partial charge in [-0.25, -0.2) is 17.8 Å². The van der Waals surface area contributed by atoms with Gasteiger partial charge in [0.2, 0.25) is 11.8 Å². The summed E-state index contributed by atoms with van der Waals surface area (Å²) in [5, 5.41) is 3.94. The van der Waals surface area contributed by atoms with Crippen LogP contribution in [0.25, 0.3) is 0 Å². The van der Waals surface area contributed by atoms with Crippen molar-refractivity contribution in [3.8, 4) is 5.88 Å². The van der Waals surface area contributed by atoms with E-state index >= 15 is 0 Å². The largest absolute Gasteiger partial charge is 0.477 e. The first-order valence-electron chi connectivity index (χ1n) is 7.07. The van der Waals surface area contributed by atoms with Gasteiger partial charge in [-0.2, -0.15) is 5.10 Å². The summed E-state index contributed by atoms with van der Waals surface area (Å²) < 4.78 is 38.3. The molecule has 1 aromatic rings. The molecule has 23 heavy (non-hydrogen) atoms. The highest BCUT2D eigenvalue weighted by Gasteiger charge is 2.29. The number of aromatic nitrogens is 2. The SMILES string of the molecule is O=C(CN1CCOCC1=O)NS(=O)(=O)c1cnn2c1OCCC2. The fourth-order valence-electron chi connectivity index (χ4n) is 2.36. The quantitative estimate of drug-likeness (QED) is 0.693. The molecule has 0 atom stereocenters. The molecule has 126 valence electrons. The summed E-state index contributed by atoms with van der Waals surface area (Å²) in [5.74, 6) is -1.02. The minimum Gasteiger partial charge on any atom is -0.477 e. The molecular formula is C12H16N4O6S. The molecule has 1 saturated heterocycles. The Balaban J connectivity index is 1.69. The van der Waals surface area contributed by atoms with Gasteiger partial charge in [0.15, 0.2) is 4.90 Å². The molecule has 1 N–H and O–H groups in total. The van der Waals surface area contributed by atoms with Crippen molar-refractivity contribution >= 4 is 21.8 Å². The number of hydrogen-bond donors (Lipinski definition) is 1. The number of fused-ring (bicyclic) bond motifs is 1. The molecule has 1 fully saturated rings. The van der Waals surface area contributed by atoms with E-state index < -0.39 is 15.9 Å². The third-order valence-electron chi connectivity index (χ3n) is 3.47. The van der Waals surface area contributed by atoms with Crippen LogP contribution in [0.1, 0.15) is 6.42 Å². The topological polar surface area (TPSA) is 120 Å². The molecule has 10 nitrogen and oxygen atoms in total. The minimum absolute atomic E-state index is 0.106. The fraction of sp³-hybridized carbons (Fsp3) is 0.583. The van der Waals surface area contributed by atoms with Crippen molar-refractivity contribution in [2.24, 2.45) is 0 Å². The van der Waals surface area contributed by atoms with Gasteiger partial charge < -0.3 is 14.4 Å². The Bertz CT molecular complexity index is 728. The van der Waals surface area contributed by atoms with Crippen LogP contribution >= 0.6 is 0 Å². The number of nitrogens with zero attached hydrogens (tertiary/aromatic N) is 3. The van der Waals surface area contributed by atoms with Gasteiger partial charge in [-0.15, -0.1) is 0 Å². The summed E-state index contributed by atoms with van der Waals surface area (Å²) in [6.45, 7) is 1.07. The summed E-state index contributed by atoms with van der Waals surface area (Å²) in [6, 6.07) is 0. The Morgan fingerprint density at radius 2 is 2.17 bits per heavy atom. The Hall–Kier alpha value is -2.14. The van der Waals surface area contributed by atoms with E-state index in [0.29, 0.717) is 19.8 Å². The van der Waals surface area contributed by atoms with Crippen molar-refractivity contribution in [2.45, 2.75) is 17.9 Å². The number of ether oxygens (including phenoxy) is 2. The Labute approximate surface area is 132 Å². The lowest BCUT2D eigenvalue weighted by Crippen LogP contribution is -2.47. The average Bonchev–Trinajstić information content (AvgIpc) is 2.94. The summed E-state index contributed by atoms with van der Waals surface area (Å²) in [5.41, 5.74) is 0. The van der Waals surface area contributed by atoms with Crippen LogP contribution in [-0.2, 0) is 30.9 Å². The molecule has 0 aromatic carbocycles. The molecule has 11 heteroatoms. The average molecular weight is 344 g/mol. The van der Waals surface area contributed by atoms with Crippen molar-refractivity contribution < 1.29 is 27.5 Å². The zero-order chi connectivity index (χ0) is 16.4. The number of amides is 2. The van der Waals surface area contributed by atoms with Crippen LogP contribution in [0.4, 0.5) is 0 Å². The lowest BCUT2D eigenvalue weighted by Gasteiger charge is -2.25. The maximum Gasteiger partial charge on any atom is 0.271 e. The Kier molecular flexibility index (Phi) is 4.22. The zero-order valence-corrected chi connectivity index (χ0v) is 13.0. The van der Waals surface area contributed by atoms with Crippen LogP contribution < -0.4 is 9.46 Å². The van der Waals surface area contributed by atoms with Crippen LogP contribution in [0.15, 0.2) is 11.1 Å². The van der Waals surface area contributed by atoms with Gasteiger partial charge in [-0.05, 0) is 0 Å². The molecule has 0 bridgehead atoms. The first-order chi connectivity index (χ1) is 11.0. The summed E-state index contributed by atoms with van der Waals surface area (Å²) >= 11 is 0. The van der Waals surface area contributed by atoms with Gasteiger partial charge in [-0.3, -0.25) is 9.59 Å². The van der Waals surface area contributed by atoms with Gasteiger partial charge in [-0.1, -0.05) is 0 Å². The highest BCUT2D eigenvalue weighted by molar-refractivity contribution is 7.90. The van der Waals surface area contributed by atoms with Crippen molar-refractivity contribution in [2.75, 3.05) is 32.9 Å². The number of aryl methyl sites for hydroxylation is 1. The normalized spacial score (nSPS) is 18.3. The summed E-state index contributed by atoms with van der Waals surface area (Å²) in [4.78, 5) is 24.6. The van der Waals surface area contributed by atoms with E-state index in [4.69, 9.17) is 9.47 Å². The number of morpholine rings is 1. The predicted octanol–water partition coefficient (Wildman–Crippen LogP) is -1.67. The molecule has 3 heterocycles. The van der Waals surface area contributed by atoms with E-state index in [1.54, 1.807) is 0 Å². The van der Waals surface area contributed by atoms with Crippen molar-refractivity contribution in [3.05, 3.63) is 6.20 Å². The van der Waals surface area contributed by atoms with Gasteiger partial charge in [0.05, 0.1) is 19.4 Å². The van der Waals surface area contributed by atoms with Gasteiger partial charge >= 0.3 is 0 Å². The number of carbonyl (C=O) groups excluding carboxylic acids is 2. The molecule has 3 rings (SSSR count). The van der Waals surface area contributed by atoms with Gasteiger partial charge in [0, 0.05) is 19.5 Å². The predicted molar refractivity (Wildman–Crippen MR) is 75.1 cm³/mol. The molecule has 2 amide bonds. The second kappa shape index (κ2) is 6.16. The van der Waals surface area contributed by atoms with E-state index in [2.05, 4.69) is 5.10 Å². The van der Waals surface area contributed by atoms with E-state index in [0.717, 1.165) is 12.6 Å². The molecule has 0 unspecified atom stereocenters. The fourth-order valence-corrected chi connectivity index (χ4v) is 3.41. The zero-order valence-electron chi connectivity index (χ0n) is 12.2. The van der Waals surface area contributed by atoms with Crippen molar-refractivity contribution in [3.63, 3.8) is 0 Å². The molecule has 2 aliphatic heterocycles. The number of nitrogens with one attached hydrogen (secondary N) is 1. The number of hydrogen-bond acceptors (Lipinski definition) is 7. The van der Waals surface area contributed by atoms with E-state index in [1.165, 1.54) is 9.58 Å². The number of carbonyl (C=O) groups is 2. The van der Waals surface area contributed by atoms with Crippen LogP contribution in [-0.4, -0.2) is 67.8 Å². The molecule has 0 spiro atoms. The van der Waals surface area contributed by atoms with Crippen molar-refractivity contribution in [1.29, 1.82) is 0 Å². The van der Waals surface area contributed by atoms with Crippen molar-refractivity contribution in [1.82, 2.24) is 19.4 Å². The third-order valence-corrected chi connectivity index (χ3v) is 4.82. The van der Waals surface area contributed by atoms with Crippen LogP contribution in [0.5, 0.6) is 5.88 Å². The Morgan fingerprint density at radius 3 is 2.96 bits per heavy atom. The third kappa shape index (κ3) is 3.29. The van der Waals surface area contributed by atoms with Crippen LogP contribution in [0.3, 0.4) is 0 Å². The number of sulfonamides is 1. The Morgan fingerprint density at radius 1 is 1.35 bits per heavy atom. The lowest BCUT2D eigenvalue weighted by molar-refractivity contribution is -0.145. The first kappa shape index (κ1) is 15.7. The van der Waals surface area contributed by atoms with Gasteiger partial charge in [0.25, 0.3) is 15.9 Å². The van der Waals surface area contributed by atoms with E-state index in [1.807, 2.05) is 4.72 Å². The highest BCUT2D eigenvalue weighted by atomic mass is 32.2. The second-order valence-electron chi connectivity index (χ2n) is 5.14. The number of rotatable bonds is 4. The summed E-state index contributed by atoms with van der Waals surface area (Å²) in [6.07, 6.45) is 1.88. The molecule has 0 saturated carbocycles. The van der Waals surface area contributed by atoms with Crippen LogP contribution in [0, 0.1) is 0 Å². The molecular weight excluding hydrogens is 328 g/mol. The maximum absolute atomic E-state index is 12.3. The smallest absolute Gasteiger partial charge is 0.271 e. The lowest BCUT2D eigenvalue weighted by atomic mass is 10.4. The summed E-state index contributed by atoms with van der Waals surface area (Å²) in [7, 11) is -4.10. The molecule has 0 aliphatic carbocycles. The van der Waals surface area contributed by atoms with E-state index in [9.17, 15) is 18.0 Å². The highest BCUT2D eigenvalue weighted by Crippen LogP contribution is 2.26. The molecule has 2 aliphatic rings. The molecule has 0 radical (unpaired) electrons. The monoisotopic (exact) mass is 344 g/mol. The first-order valence-corrected chi connectivity index (χ1v) is 8.55. The van der Waals surface area contributed by atoms with E-state index in [-0.39, 0.29) is 36.4 Å². The minimum atomic E-state index is -4.10. The van der Waals surface area contributed by atoms with Crippen LogP contribution in [0.2, 0.25) is 0 Å². The maximum atomic E-state index is 12.3. The molecule has 1 aromatic heterocycles. The standard InChI is InChI=1S/C12H16N4O6S/c17-10(7-15-3-5-21-8-11(15)18)14-23(19,20)9-6-13-16-2-1-4-22-12(9)16/h6H,1-5,7-8H2,(H,14,17). The second-order valence-corrected chi connectivity index (χ2v) is 6.79.